The molecule has 10 atom stereocenters. The normalized spacial score (nSPS) is 48.0. The second kappa shape index (κ2) is 8.63. The summed E-state index contributed by atoms with van der Waals surface area (Å²) in [5.74, 6) is -0.673. The van der Waals surface area contributed by atoms with Crippen LogP contribution in [0.1, 0.15) is 34.1 Å². The summed E-state index contributed by atoms with van der Waals surface area (Å²) in [7, 11) is 0. The highest BCUT2D eigenvalue weighted by Crippen LogP contribution is 2.49. The lowest BCUT2D eigenvalue weighted by molar-refractivity contribution is -0.332. The molecular weight excluding hydrogens is 372 g/mol. The highest BCUT2D eigenvalue weighted by atomic mass is 16.7. The Hall–Kier alpha value is -0.620. The van der Waals surface area contributed by atoms with Crippen LogP contribution in [-0.2, 0) is 9.47 Å². The summed E-state index contributed by atoms with van der Waals surface area (Å²) in [6.45, 7) is 6.22. The summed E-state index contributed by atoms with van der Waals surface area (Å²) in [5, 5.41) is 70.9. The van der Waals surface area contributed by atoms with E-state index in [0.29, 0.717) is 0 Å². The van der Waals surface area contributed by atoms with E-state index in [-0.39, 0.29) is 6.42 Å². The van der Waals surface area contributed by atoms with Crippen LogP contribution in [0.25, 0.3) is 0 Å². The highest BCUT2D eigenvalue weighted by Gasteiger charge is 2.57. The van der Waals surface area contributed by atoms with Crippen LogP contribution in [0.5, 0.6) is 0 Å². The van der Waals surface area contributed by atoms with Crippen molar-refractivity contribution >= 4 is 0 Å². The van der Waals surface area contributed by atoms with Crippen molar-refractivity contribution in [3.05, 3.63) is 12.2 Å². The quantitative estimate of drug-likeness (QED) is 0.263. The van der Waals surface area contributed by atoms with Gasteiger partial charge in [-0.2, -0.15) is 0 Å². The average Bonchev–Trinajstić information content (AvgIpc) is 2.61. The van der Waals surface area contributed by atoms with E-state index in [2.05, 4.69) is 0 Å². The predicted molar refractivity (Wildman–Crippen MR) is 98.0 cm³/mol. The lowest BCUT2D eigenvalue weighted by Gasteiger charge is -2.54. The van der Waals surface area contributed by atoms with Gasteiger partial charge in [0.15, 0.2) is 6.29 Å². The number of ether oxygens (including phenoxy) is 2. The first kappa shape index (κ1) is 23.7. The van der Waals surface area contributed by atoms with Crippen molar-refractivity contribution in [2.24, 2.45) is 11.3 Å². The Morgan fingerprint density at radius 2 is 1.75 bits per heavy atom. The van der Waals surface area contributed by atoms with Crippen molar-refractivity contribution in [2.45, 2.75) is 88.7 Å². The Bertz CT molecular complexity index is 550. The maximum Gasteiger partial charge on any atom is 0.187 e. The average molecular weight is 406 g/mol. The summed E-state index contributed by atoms with van der Waals surface area (Å²) in [6.07, 6.45) is -6.89. The number of rotatable bonds is 5. The van der Waals surface area contributed by atoms with Crippen LogP contribution >= 0.6 is 0 Å². The van der Waals surface area contributed by atoms with Crippen LogP contribution in [0, 0.1) is 11.3 Å². The molecule has 9 heteroatoms. The molecule has 0 unspecified atom stereocenters. The van der Waals surface area contributed by atoms with E-state index in [4.69, 9.17) is 9.47 Å². The lowest BCUT2D eigenvalue weighted by Crippen LogP contribution is -2.64. The number of hydrogen-bond donors (Lipinski definition) is 7. The van der Waals surface area contributed by atoms with Crippen molar-refractivity contribution in [2.75, 3.05) is 6.61 Å². The summed E-state index contributed by atoms with van der Waals surface area (Å²) in [6, 6.07) is 0. The predicted octanol–water partition coefficient (Wildman–Crippen LogP) is -1.73. The fourth-order valence-electron chi connectivity index (χ4n) is 4.21. The van der Waals surface area contributed by atoms with E-state index in [9.17, 15) is 35.7 Å². The molecule has 0 aromatic heterocycles. The van der Waals surface area contributed by atoms with Crippen LogP contribution in [0.4, 0.5) is 0 Å². The van der Waals surface area contributed by atoms with Crippen LogP contribution in [0.3, 0.4) is 0 Å². The van der Waals surface area contributed by atoms with Gasteiger partial charge < -0.3 is 45.2 Å². The van der Waals surface area contributed by atoms with E-state index >= 15 is 0 Å². The molecular formula is C19H34O9. The zero-order chi connectivity index (χ0) is 21.4. The van der Waals surface area contributed by atoms with Crippen LogP contribution in [0.15, 0.2) is 12.2 Å². The first-order valence-electron chi connectivity index (χ1n) is 9.59. The van der Waals surface area contributed by atoms with Gasteiger partial charge >= 0.3 is 0 Å². The molecule has 2 rings (SSSR count). The summed E-state index contributed by atoms with van der Waals surface area (Å²) in [5.41, 5.74) is -2.19. The molecule has 0 aromatic rings. The molecule has 0 radical (unpaired) electrons. The van der Waals surface area contributed by atoms with Crippen molar-refractivity contribution in [3.8, 4) is 0 Å². The molecule has 1 aliphatic heterocycles. The minimum absolute atomic E-state index is 0.167. The third-order valence-corrected chi connectivity index (χ3v) is 6.14. The third-order valence-electron chi connectivity index (χ3n) is 6.14. The van der Waals surface area contributed by atoms with Crippen LogP contribution in [0.2, 0.25) is 0 Å². The van der Waals surface area contributed by atoms with Gasteiger partial charge in [0.1, 0.15) is 24.4 Å². The van der Waals surface area contributed by atoms with Gasteiger partial charge in [-0.1, -0.05) is 32.9 Å². The molecule has 2 fully saturated rings. The molecule has 28 heavy (non-hydrogen) atoms. The Morgan fingerprint density at radius 1 is 1.14 bits per heavy atom. The Balaban J connectivity index is 2.27. The SMILES string of the molecule is C[C@@H](O)/C=C/[C@]1(O)[C@@H](C)[C@H](O[C@@H]2O[C@H](CO)[C@@H](O)[C@H](O)[C@H]2O)[C@H](O)CC1(C)C. The smallest absolute Gasteiger partial charge is 0.187 e. The maximum absolute atomic E-state index is 11.4. The fourth-order valence-corrected chi connectivity index (χ4v) is 4.21. The van der Waals surface area contributed by atoms with Gasteiger partial charge in [0, 0.05) is 11.3 Å². The van der Waals surface area contributed by atoms with Gasteiger partial charge in [-0.25, -0.2) is 0 Å². The zero-order valence-electron chi connectivity index (χ0n) is 16.7. The molecule has 2 aliphatic rings. The Morgan fingerprint density at radius 3 is 2.29 bits per heavy atom. The van der Waals surface area contributed by atoms with Crippen molar-refractivity contribution in [1.29, 1.82) is 0 Å². The number of hydrogen-bond acceptors (Lipinski definition) is 9. The third kappa shape index (κ3) is 4.28. The van der Waals surface area contributed by atoms with Gasteiger partial charge in [-0.3, -0.25) is 0 Å². The highest BCUT2D eigenvalue weighted by molar-refractivity contribution is 5.17. The molecule has 7 N–H and O–H groups in total. The van der Waals surface area contributed by atoms with Crippen molar-refractivity contribution in [3.63, 3.8) is 0 Å². The minimum atomic E-state index is -1.60. The molecule has 0 bridgehead atoms. The van der Waals surface area contributed by atoms with E-state index in [1.54, 1.807) is 27.7 Å². The van der Waals surface area contributed by atoms with Gasteiger partial charge in [0.25, 0.3) is 0 Å². The molecule has 0 aromatic carbocycles. The van der Waals surface area contributed by atoms with Gasteiger partial charge in [0.2, 0.25) is 0 Å². The lowest BCUT2D eigenvalue weighted by atomic mass is 9.58. The molecule has 1 saturated heterocycles. The van der Waals surface area contributed by atoms with Gasteiger partial charge in [-0.15, -0.1) is 0 Å². The molecule has 1 aliphatic carbocycles. The standard InChI is InChI=1S/C19H34O9/c1-9(21)5-6-19(26)10(2)16(11(22)7-18(19,3)4)28-17-15(25)14(24)13(23)12(8-20)27-17/h5-6,9-17,20-26H,7-8H2,1-4H3/b6-5+/t9-,10+,11-,12-,13-,14+,15-,16+,17+,19+/m1/s1. The summed E-state index contributed by atoms with van der Waals surface area (Å²) in [4.78, 5) is 0. The second-order valence-corrected chi connectivity index (χ2v) is 8.67. The first-order chi connectivity index (χ1) is 12.9. The second-order valence-electron chi connectivity index (χ2n) is 8.67. The number of aliphatic hydroxyl groups is 7. The number of aliphatic hydroxyl groups excluding tert-OH is 6. The van der Waals surface area contributed by atoms with E-state index in [1.807, 2.05) is 0 Å². The Kier molecular flexibility index (Phi) is 7.29. The summed E-state index contributed by atoms with van der Waals surface area (Å²) >= 11 is 0. The molecule has 9 nitrogen and oxygen atoms in total. The van der Waals surface area contributed by atoms with Crippen LogP contribution < -0.4 is 0 Å². The Labute approximate surface area is 164 Å². The molecule has 0 amide bonds. The van der Waals surface area contributed by atoms with Crippen molar-refractivity contribution < 1.29 is 45.2 Å². The molecule has 0 spiro atoms. The fraction of sp³-hybridized carbons (Fsp3) is 0.895. The van der Waals surface area contributed by atoms with Gasteiger partial charge in [-0.05, 0) is 13.3 Å². The molecule has 164 valence electrons. The first-order valence-corrected chi connectivity index (χ1v) is 9.59. The van der Waals surface area contributed by atoms with Gasteiger partial charge in [0.05, 0.1) is 30.5 Å². The van der Waals surface area contributed by atoms with Crippen molar-refractivity contribution in [1.82, 2.24) is 0 Å². The molecule has 1 saturated carbocycles. The topological polar surface area (TPSA) is 160 Å². The minimum Gasteiger partial charge on any atom is -0.394 e. The molecule has 1 heterocycles. The van der Waals surface area contributed by atoms with Crippen LogP contribution in [-0.4, -0.2) is 97.0 Å². The largest absolute Gasteiger partial charge is 0.394 e. The van der Waals surface area contributed by atoms with E-state index < -0.39 is 72.6 Å². The monoisotopic (exact) mass is 406 g/mol. The van der Waals surface area contributed by atoms with E-state index in [0.717, 1.165) is 0 Å². The maximum atomic E-state index is 11.4. The zero-order valence-corrected chi connectivity index (χ0v) is 16.7. The van der Waals surface area contributed by atoms with E-state index in [1.165, 1.54) is 12.2 Å². The summed E-state index contributed by atoms with van der Waals surface area (Å²) < 4.78 is 11.1.